The molecule has 70 valence electrons. The van der Waals surface area contributed by atoms with Gasteiger partial charge in [-0.1, -0.05) is 38.3 Å². The number of unbranched alkanes of at least 4 members (excludes halogenated alkanes) is 4. The van der Waals surface area contributed by atoms with Gasteiger partial charge < -0.3 is 4.74 Å². The Morgan fingerprint density at radius 1 is 1.17 bits per heavy atom. The molecule has 0 N–H and O–H groups in total. The lowest BCUT2D eigenvalue weighted by molar-refractivity contribution is -0.127. The second kappa shape index (κ2) is 10.2. The van der Waals surface area contributed by atoms with Crippen molar-refractivity contribution < 1.29 is 9.53 Å². The Labute approximate surface area is 74.6 Å². The molecule has 2 nitrogen and oxygen atoms in total. The average molecular weight is 170 g/mol. The first-order valence-corrected chi connectivity index (χ1v) is 4.62. The molecule has 0 aliphatic carbocycles. The molecule has 12 heavy (non-hydrogen) atoms. The van der Waals surface area contributed by atoms with Gasteiger partial charge in [0.1, 0.15) is 6.61 Å². The fourth-order valence-corrected chi connectivity index (χ4v) is 0.970. The van der Waals surface area contributed by atoms with Gasteiger partial charge >= 0.3 is 0 Å². The standard InChI is InChI=1S/C10H18O2/c1-2-3-4-5-6-7-8-9-12-10-11/h7-8,10H,2-6,9H2,1H3. The number of carbonyl (C=O) groups is 1. The van der Waals surface area contributed by atoms with Crippen molar-refractivity contribution in [3.63, 3.8) is 0 Å². The first kappa shape index (κ1) is 11.2. The van der Waals surface area contributed by atoms with E-state index in [4.69, 9.17) is 0 Å². The van der Waals surface area contributed by atoms with Crippen molar-refractivity contribution in [2.24, 2.45) is 0 Å². The van der Waals surface area contributed by atoms with Crippen molar-refractivity contribution in [1.29, 1.82) is 0 Å². The molecule has 0 aliphatic heterocycles. The quantitative estimate of drug-likeness (QED) is 0.318. The summed E-state index contributed by atoms with van der Waals surface area (Å²) in [6, 6.07) is 0. The highest BCUT2D eigenvalue weighted by atomic mass is 16.5. The third-order valence-electron chi connectivity index (χ3n) is 1.65. The molecule has 0 aromatic heterocycles. The Morgan fingerprint density at radius 2 is 2.00 bits per heavy atom. The van der Waals surface area contributed by atoms with Crippen LogP contribution in [0.15, 0.2) is 12.2 Å². The maximum atomic E-state index is 9.72. The number of hydrogen-bond donors (Lipinski definition) is 0. The Hall–Kier alpha value is -0.790. The lowest BCUT2D eigenvalue weighted by atomic mass is 10.1. The monoisotopic (exact) mass is 170 g/mol. The van der Waals surface area contributed by atoms with Gasteiger partial charge in [0.15, 0.2) is 0 Å². The lowest BCUT2D eigenvalue weighted by Gasteiger charge is -1.94. The smallest absolute Gasteiger partial charge is 0.293 e. The van der Waals surface area contributed by atoms with Gasteiger partial charge in [0.25, 0.3) is 6.47 Å². The first-order valence-electron chi connectivity index (χ1n) is 4.62. The zero-order chi connectivity index (χ0) is 9.07. The summed E-state index contributed by atoms with van der Waals surface area (Å²) in [6.45, 7) is 3.09. The minimum Gasteiger partial charge on any atom is -0.464 e. The van der Waals surface area contributed by atoms with Crippen LogP contribution in [0.1, 0.15) is 39.0 Å². The van der Waals surface area contributed by atoms with E-state index in [0.29, 0.717) is 13.1 Å². The average Bonchev–Trinajstić information content (AvgIpc) is 2.10. The molecule has 0 aromatic carbocycles. The van der Waals surface area contributed by atoms with Crippen molar-refractivity contribution in [3.05, 3.63) is 12.2 Å². The van der Waals surface area contributed by atoms with Gasteiger partial charge in [-0.25, -0.2) is 0 Å². The molecule has 0 bridgehead atoms. The molecular weight excluding hydrogens is 152 g/mol. The van der Waals surface area contributed by atoms with Crippen LogP contribution >= 0.6 is 0 Å². The molecule has 0 fully saturated rings. The SMILES string of the molecule is CCCCCCC=CCOC=O. The van der Waals surface area contributed by atoms with Gasteiger partial charge in [-0.2, -0.15) is 0 Å². The van der Waals surface area contributed by atoms with Gasteiger partial charge in [0, 0.05) is 0 Å². The largest absolute Gasteiger partial charge is 0.464 e. The van der Waals surface area contributed by atoms with Gasteiger partial charge in [-0.3, -0.25) is 4.79 Å². The predicted molar refractivity (Wildman–Crippen MR) is 49.9 cm³/mol. The molecule has 0 aliphatic rings. The highest BCUT2D eigenvalue weighted by Crippen LogP contribution is 2.02. The Kier molecular flexibility index (Phi) is 9.54. The molecule has 0 rings (SSSR count). The molecular formula is C10H18O2. The number of hydrogen-bond acceptors (Lipinski definition) is 2. The second-order valence-electron chi connectivity index (χ2n) is 2.75. The van der Waals surface area contributed by atoms with Crippen LogP contribution in [-0.2, 0) is 9.53 Å². The van der Waals surface area contributed by atoms with Crippen LogP contribution in [0.4, 0.5) is 0 Å². The normalized spacial score (nSPS) is 10.4. The topological polar surface area (TPSA) is 26.3 Å². The molecule has 0 heterocycles. The Bertz CT molecular complexity index is 119. The summed E-state index contributed by atoms with van der Waals surface area (Å²) < 4.78 is 4.49. The van der Waals surface area contributed by atoms with E-state index >= 15 is 0 Å². The highest BCUT2D eigenvalue weighted by Gasteiger charge is 1.83. The fourth-order valence-electron chi connectivity index (χ4n) is 0.970. The van der Waals surface area contributed by atoms with Crippen LogP contribution in [0.5, 0.6) is 0 Å². The number of allylic oxidation sites excluding steroid dienone is 1. The highest BCUT2D eigenvalue weighted by molar-refractivity contribution is 5.37. The summed E-state index contributed by atoms with van der Waals surface area (Å²) in [4.78, 5) is 9.72. The molecule has 0 saturated heterocycles. The summed E-state index contributed by atoms with van der Waals surface area (Å²) in [5, 5.41) is 0. The zero-order valence-electron chi connectivity index (χ0n) is 7.79. The van der Waals surface area contributed by atoms with Gasteiger partial charge in [-0.05, 0) is 12.8 Å². The van der Waals surface area contributed by atoms with Crippen molar-refractivity contribution in [1.82, 2.24) is 0 Å². The van der Waals surface area contributed by atoms with E-state index in [2.05, 4.69) is 17.7 Å². The third kappa shape index (κ3) is 9.21. The Morgan fingerprint density at radius 3 is 2.67 bits per heavy atom. The third-order valence-corrected chi connectivity index (χ3v) is 1.65. The minimum atomic E-state index is 0.414. The molecule has 0 atom stereocenters. The lowest BCUT2D eigenvalue weighted by Crippen LogP contribution is -1.85. The molecule has 0 saturated carbocycles. The van der Waals surface area contributed by atoms with Crippen molar-refractivity contribution in [2.75, 3.05) is 6.61 Å². The van der Waals surface area contributed by atoms with E-state index in [0.717, 1.165) is 6.42 Å². The number of ether oxygens (including phenoxy) is 1. The van der Waals surface area contributed by atoms with Gasteiger partial charge in [0.05, 0.1) is 0 Å². The van der Waals surface area contributed by atoms with Crippen molar-refractivity contribution in [3.8, 4) is 0 Å². The molecule has 2 heteroatoms. The van der Waals surface area contributed by atoms with Crippen LogP contribution in [-0.4, -0.2) is 13.1 Å². The second-order valence-corrected chi connectivity index (χ2v) is 2.75. The molecule has 0 unspecified atom stereocenters. The van der Waals surface area contributed by atoms with E-state index in [9.17, 15) is 4.79 Å². The minimum absolute atomic E-state index is 0.414. The van der Waals surface area contributed by atoms with Crippen LogP contribution in [0.2, 0.25) is 0 Å². The maximum absolute atomic E-state index is 9.72. The van der Waals surface area contributed by atoms with Crippen molar-refractivity contribution >= 4 is 6.47 Å². The molecule has 0 amide bonds. The fraction of sp³-hybridized carbons (Fsp3) is 0.700. The first-order chi connectivity index (χ1) is 5.91. The predicted octanol–water partition coefficient (Wildman–Crippen LogP) is 2.69. The molecule has 0 radical (unpaired) electrons. The van der Waals surface area contributed by atoms with Gasteiger partial charge in [-0.15, -0.1) is 0 Å². The zero-order valence-corrected chi connectivity index (χ0v) is 7.79. The van der Waals surface area contributed by atoms with Crippen LogP contribution in [0.25, 0.3) is 0 Å². The number of carbonyl (C=O) groups excluding carboxylic acids is 1. The van der Waals surface area contributed by atoms with Gasteiger partial charge in [0.2, 0.25) is 0 Å². The van der Waals surface area contributed by atoms with Crippen LogP contribution < -0.4 is 0 Å². The summed E-state index contributed by atoms with van der Waals surface area (Å²) in [5.41, 5.74) is 0. The maximum Gasteiger partial charge on any atom is 0.293 e. The van der Waals surface area contributed by atoms with Crippen LogP contribution in [0, 0.1) is 0 Å². The van der Waals surface area contributed by atoms with E-state index < -0.39 is 0 Å². The summed E-state index contributed by atoms with van der Waals surface area (Å²) in [5.74, 6) is 0. The van der Waals surface area contributed by atoms with E-state index in [1.807, 2.05) is 6.08 Å². The summed E-state index contributed by atoms with van der Waals surface area (Å²) >= 11 is 0. The summed E-state index contributed by atoms with van der Waals surface area (Å²) in [7, 11) is 0. The van der Waals surface area contributed by atoms with Crippen molar-refractivity contribution in [2.45, 2.75) is 39.0 Å². The summed E-state index contributed by atoms with van der Waals surface area (Å²) in [6.07, 6.45) is 10.2. The Balaban J connectivity index is 2.97. The molecule has 0 aromatic rings. The van der Waals surface area contributed by atoms with E-state index in [1.54, 1.807) is 0 Å². The van der Waals surface area contributed by atoms with Crippen LogP contribution in [0.3, 0.4) is 0 Å². The van der Waals surface area contributed by atoms with E-state index in [1.165, 1.54) is 25.7 Å². The number of rotatable bonds is 8. The molecule has 0 spiro atoms. The van der Waals surface area contributed by atoms with E-state index in [-0.39, 0.29) is 0 Å².